The zero-order chi connectivity index (χ0) is 11.0. The van der Waals surface area contributed by atoms with E-state index in [1.54, 1.807) is 5.37 Å². The van der Waals surface area contributed by atoms with Gasteiger partial charge in [0, 0.05) is 20.9 Å². The number of hydrogen-bond donors (Lipinski definition) is 2. The predicted octanol–water partition coefficient (Wildman–Crippen LogP) is 3.50. The van der Waals surface area contributed by atoms with Crippen LogP contribution in [0.3, 0.4) is 0 Å². The van der Waals surface area contributed by atoms with Gasteiger partial charge in [-0.25, -0.2) is 0 Å². The largest absolute Gasteiger partial charge is 0.365 e. The third-order valence-electron chi connectivity index (χ3n) is 2.42. The number of anilines is 1. The van der Waals surface area contributed by atoms with E-state index in [4.69, 9.17) is 23.8 Å². The van der Waals surface area contributed by atoms with Gasteiger partial charge in [-0.05, 0) is 40.5 Å². The van der Waals surface area contributed by atoms with Crippen LogP contribution in [-0.2, 0) is 0 Å². The Bertz CT molecular complexity index is 411. The first-order valence-electron chi connectivity index (χ1n) is 4.58. The van der Waals surface area contributed by atoms with Crippen LogP contribution in [0.2, 0.25) is 5.02 Å². The van der Waals surface area contributed by atoms with Crippen LogP contribution in [0.4, 0.5) is 5.69 Å². The van der Waals surface area contributed by atoms with Crippen molar-refractivity contribution in [3.8, 4) is 0 Å². The summed E-state index contributed by atoms with van der Waals surface area (Å²) in [4.78, 5) is 0. The molecule has 15 heavy (non-hydrogen) atoms. The number of hydrogen-bond acceptors (Lipinski definition) is 3. The van der Waals surface area contributed by atoms with Gasteiger partial charge in [0.25, 0.3) is 0 Å². The van der Waals surface area contributed by atoms with Crippen LogP contribution < -0.4 is 10.6 Å². The molecule has 0 amide bonds. The van der Waals surface area contributed by atoms with Gasteiger partial charge in [-0.1, -0.05) is 23.8 Å². The first-order valence-corrected chi connectivity index (χ1v) is 6.23. The highest BCUT2D eigenvalue weighted by molar-refractivity contribution is 9.10. The molecule has 0 saturated carbocycles. The smallest absolute Gasteiger partial charge is 0.107 e. The third kappa shape index (κ3) is 2.18. The predicted molar refractivity (Wildman–Crippen MR) is 71.8 cm³/mol. The second kappa shape index (κ2) is 4.37. The highest BCUT2D eigenvalue weighted by Crippen LogP contribution is 2.36. The van der Waals surface area contributed by atoms with Gasteiger partial charge in [-0.3, -0.25) is 5.32 Å². The summed E-state index contributed by atoms with van der Waals surface area (Å²) in [5.41, 5.74) is 2.22. The van der Waals surface area contributed by atoms with Crippen LogP contribution in [0.25, 0.3) is 0 Å². The summed E-state index contributed by atoms with van der Waals surface area (Å²) in [6, 6.07) is 4.08. The van der Waals surface area contributed by atoms with Crippen LogP contribution in [0, 0.1) is 0 Å². The van der Waals surface area contributed by atoms with E-state index in [1.165, 1.54) is 0 Å². The molecule has 1 aliphatic rings. The third-order valence-corrected chi connectivity index (χ3v) is 3.53. The van der Waals surface area contributed by atoms with Gasteiger partial charge < -0.3 is 5.32 Å². The average Bonchev–Trinajstić information content (AvgIpc) is 2.19. The SMILES string of the molecule is CC1NC(C=S)Nc2c(Br)cc(Cl)cc21. The molecule has 1 aliphatic heterocycles. The second-order valence-corrected chi connectivity index (χ2v) is 5.06. The Morgan fingerprint density at radius 3 is 2.93 bits per heavy atom. The van der Waals surface area contributed by atoms with E-state index in [0.29, 0.717) is 0 Å². The van der Waals surface area contributed by atoms with Gasteiger partial charge in [0.05, 0.1) is 5.69 Å². The van der Waals surface area contributed by atoms with E-state index >= 15 is 0 Å². The van der Waals surface area contributed by atoms with Gasteiger partial charge >= 0.3 is 0 Å². The molecule has 1 heterocycles. The normalized spacial score (nSPS) is 24.2. The lowest BCUT2D eigenvalue weighted by Gasteiger charge is -2.31. The average molecular weight is 306 g/mol. The van der Waals surface area contributed by atoms with Gasteiger partial charge in [0.1, 0.15) is 6.17 Å². The summed E-state index contributed by atoms with van der Waals surface area (Å²) >= 11 is 14.4. The molecule has 1 aromatic carbocycles. The molecule has 0 radical (unpaired) electrons. The molecule has 0 spiro atoms. The summed E-state index contributed by atoms with van der Waals surface area (Å²) in [6.45, 7) is 2.09. The summed E-state index contributed by atoms with van der Waals surface area (Å²) in [6.07, 6.45) is 0.0278. The minimum atomic E-state index is 0.0278. The summed E-state index contributed by atoms with van der Waals surface area (Å²) in [7, 11) is 0. The van der Waals surface area contributed by atoms with E-state index in [1.807, 2.05) is 12.1 Å². The number of fused-ring (bicyclic) bond motifs is 1. The number of rotatable bonds is 1. The van der Waals surface area contributed by atoms with Gasteiger partial charge in [0.2, 0.25) is 0 Å². The minimum Gasteiger partial charge on any atom is -0.365 e. The van der Waals surface area contributed by atoms with Crippen molar-refractivity contribution in [1.29, 1.82) is 0 Å². The quantitative estimate of drug-likeness (QED) is 0.777. The number of nitrogens with one attached hydrogen (secondary N) is 2. The van der Waals surface area contributed by atoms with Crippen molar-refractivity contribution in [3.05, 3.63) is 27.2 Å². The monoisotopic (exact) mass is 304 g/mol. The molecule has 80 valence electrons. The topological polar surface area (TPSA) is 24.1 Å². The molecular weight excluding hydrogens is 296 g/mol. The molecule has 0 fully saturated rings. The van der Waals surface area contributed by atoms with E-state index in [0.717, 1.165) is 20.7 Å². The summed E-state index contributed by atoms with van der Waals surface area (Å²) in [5.74, 6) is 0. The van der Waals surface area contributed by atoms with Crippen LogP contribution in [0.5, 0.6) is 0 Å². The Labute approximate surface area is 108 Å². The lowest BCUT2D eigenvalue weighted by Crippen LogP contribution is -2.43. The van der Waals surface area contributed by atoms with Crippen molar-refractivity contribution in [2.45, 2.75) is 19.1 Å². The first-order chi connectivity index (χ1) is 7.11. The summed E-state index contributed by atoms with van der Waals surface area (Å²) in [5, 5.41) is 9.04. The van der Waals surface area contributed by atoms with E-state index in [9.17, 15) is 0 Å². The molecule has 0 aliphatic carbocycles. The molecule has 0 saturated heterocycles. The zero-order valence-corrected chi connectivity index (χ0v) is 11.2. The van der Waals surface area contributed by atoms with Crippen molar-refractivity contribution in [1.82, 2.24) is 5.32 Å². The van der Waals surface area contributed by atoms with Gasteiger partial charge in [-0.2, -0.15) is 0 Å². The lowest BCUT2D eigenvalue weighted by molar-refractivity contribution is 0.547. The molecule has 2 atom stereocenters. The fourth-order valence-electron chi connectivity index (χ4n) is 1.72. The minimum absolute atomic E-state index is 0.0278. The molecule has 0 aromatic heterocycles. The maximum atomic E-state index is 6.00. The van der Waals surface area contributed by atoms with Gasteiger partial charge in [-0.15, -0.1) is 0 Å². The van der Waals surface area contributed by atoms with E-state index < -0.39 is 0 Å². The van der Waals surface area contributed by atoms with Crippen molar-refractivity contribution in [2.24, 2.45) is 0 Å². The van der Waals surface area contributed by atoms with Crippen molar-refractivity contribution in [3.63, 3.8) is 0 Å². The first kappa shape index (κ1) is 11.3. The van der Waals surface area contributed by atoms with Crippen LogP contribution in [0.1, 0.15) is 18.5 Å². The molecule has 2 nitrogen and oxygen atoms in total. The highest BCUT2D eigenvalue weighted by atomic mass is 79.9. The van der Waals surface area contributed by atoms with Crippen molar-refractivity contribution >= 4 is 50.8 Å². The molecule has 2 rings (SSSR count). The Balaban J connectivity index is 2.49. The van der Waals surface area contributed by atoms with E-state index in [-0.39, 0.29) is 12.2 Å². The Morgan fingerprint density at radius 2 is 2.27 bits per heavy atom. The molecule has 0 bridgehead atoms. The maximum Gasteiger partial charge on any atom is 0.107 e. The fraction of sp³-hybridized carbons (Fsp3) is 0.300. The number of halogens is 2. The van der Waals surface area contributed by atoms with Crippen LogP contribution in [0.15, 0.2) is 16.6 Å². The van der Waals surface area contributed by atoms with E-state index in [2.05, 4.69) is 33.5 Å². The molecule has 5 heteroatoms. The number of benzene rings is 1. The van der Waals surface area contributed by atoms with Crippen molar-refractivity contribution < 1.29 is 0 Å². The highest BCUT2D eigenvalue weighted by Gasteiger charge is 2.23. The summed E-state index contributed by atoms with van der Waals surface area (Å²) < 4.78 is 0.972. The molecular formula is C10H10BrClN2S. The maximum absolute atomic E-state index is 6.00. The fourth-order valence-corrected chi connectivity index (χ4v) is 2.81. The molecule has 2 N–H and O–H groups in total. The van der Waals surface area contributed by atoms with Crippen molar-refractivity contribution in [2.75, 3.05) is 5.32 Å². The number of thiocarbonyl (C=S) groups is 1. The Hall–Kier alpha value is -0.160. The Kier molecular flexibility index (Phi) is 3.30. The molecule has 2 unspecified atom stereocenters. The standard InChI is InChI=1S/C10H10BrClN2S/c1-5-7-2-6(12)3-8(11)10(7)14-9(4-15)13-5/h2-5,9,13-14H,1H3. The lowest BCUT2D eigenvalue weighted by atomic mass is 10.0. The second-order valence-electron chi connectivity index (χ2n) is 3.50. The zero-order valence-electron chi connectivity index (χ0n) is 8.05. The van der Waals surface area contributed by atoms with Crippen LogP contribution >= 0.6 is 39.7 Å². The Morgan fingerprint density at radius 1 is 1.53 bits per heavy atom. The molecule has 1 aromatic rings. The van der Waals surface area contributed by atoms with Crippen LogP contribution in [-0.4, -0.2) is 11.5 Å². The van der Waals surface area contributed by atoms with Gasteiger partial charge in [0.15, 0.2) is 0 Å².